The van der Waals surface area contributed by atoms with Crippen molar-refractivity contribution in [1.29, 1.82) is 0 Å². The van der Waals surface area contributed by atoms with Gasteiger partial charge < -0.3 is 4.74 Å². The lowest BCUT2D eigenvalue weighted by atomic mass is 9.97. The summed E-state index contributed by atoms with van der Waals surface area (Å²) in [6, 6.07) is 6.08. The average Bonchev–Trinajstić information content (AvgIpc) is 2.87. The minimum atomic E-state index is 0.213. The largest absolute Gasteiger partial charge is 0.493 e. The van der Waals surface area contributed by atoms with Crippen LogP contribution in [-0.4, -0.2) is 12.4 Å². The van der Waals surface area contributed by atoms with Crippen LogP contribution >= 0.6 is 0 Å². The van der Waals surface area contributed by atoms with E-state index < -0.39 is 0 Å². The maximum absolute atomic E-state index is 12.1. The van der Waals surface area contributed by atoms with E-state index in [4.69, 9.17) is 4.74 Å². The molecule has 1 aliphatic carbocycles. The van der Waals surface area contributed by atoms with Gasteiger partial charge in [0.15, 0.2) is 5.78 Å². The SMILES string of the molecule is O=C(Cc1ccc2c(c1)CCO2)C1=CCCC=C1. The second kappa shape index (κ2) is 4.81. The van der Waals surface area contributed by atoms with Crippen molar-refractivity contribution in [3.63, 3.8) is 0 Å². The fraction of sp³-hybridized carbons (Fsp3) is 0.312. The molecule has 1 heterocycles. The lowest BCUT2D eigenvalue weighted by Crippen LogP contribution is -2.06. The molecule has 0 fully saturated rings. The molecule has 0 bridgehead atoms. The van der Waals surface area contributed by atoms with Crippen LogP contribution in [-0.2, 0) is 17.6 Å². The van der Waals surface area contributed by atoms with Crippen LogP contribution < -0.4 is 4.74 Å². The first kappa shape index (κ1) is 11.3. The second-order valence-corrected chi connectivity index (χ2v) is 4.78. The predicted octanol–water partition coefficient (Wildman–Crippen LogP) is 3.01. The summed E-state index contributed by atoms with van der Waals surface area (Å²) in [4.78, 5) is 12.1. The van der Waals surface area contributed by atoms with E-state index in [0.717, 1.165) is 42.8 Å². The molecule has 1 aromatic rings. The Morgan fingerprint density at radius 1 is 1.28 bits per heavy atom. The summed E-state index contributed by atoms with van der Waals surface area (Å²) >= 11 is 0. The molecule has 2 aliphatic rings. The normalized spacial score (nSPS) is 17.0. The van der Waals surface area contributed by atoms with Gasteiger partial charge in [-0.3, -0.25) is 4.79 Å². The van der Waals surface area contributed by atoms with Crippen LogP contribution in [0.5, 0.6) is 5.75 Å². The van der Waals surface area contributed by atoms with Gasteiger partial charge in [0, 0.05) is 18.4 Å². The van der Waals surface area contributed by atoms with Gasteiger partial charge in [-0.05, 0) is 30.0 Å². The Hall–Kier alpha value is -1.83. The number of Topliss-reactive ketones (excluding diaryl/α,β-unsaturated/α-hetero) is 1. The lowest BCUT2D eigenvalue weighted by molar-refractivity contribution is -0.114. The third-order valence-electron chi connectivity index (χ3n) is 3.44. The standard InChI is InChI=1S/C16H16O2/c17-15(13-4-2-1-3-5-13)11-12-6-7-16-14(10-12)8-9-18-16/h2,4-7,10H,1,3,8-9,11H2. The first-order valence-electron chi connectivity index (χ1n) is 6.47. The predicted molar refractivity (Wildman–Crippen MR) is 70.8 cm³/mol. The number of hydrogen-bond donors (Lipinski definition) is 0. The summed E-state index contributed by atoms with van der Waals surface area (Å²) in [6.45, 7) is 0.765. The van der Waals surface area contributed by atoms with Crippen molar-refractivity contribution in [1.82, 2.24) is 0 Å². The molecule has 1 aromatic carbocycles. The number of ketones is 1. The lowest BCUT2D eigenvalue weighted by Gasteiger charge is -2.07. The topological polar surface area (TPSA) is 26.3 Å². The molecule has 92 valence electrons. The van der Waals surface area contributed by atoms with Gasteiger partial charge in [0.2, 0.25) is 0 Å². The fourth-order valence-corrected chi connectivity index (χ4v) is 2.46. The van der Waals surface area contributed by atoms with Crippen molar-refractivity contribution in [2.24, 2.45) is 0 Å². The Morgan fingerprint density at radius 3 is 3.06 bits per heavy atom. The maximum Gasteiger partial charge on any atom is 0.166 e. The number of carbonyl (C=O) groups excluding carboxylic acids is 1. The average molecular weight is 240 g/mol. The minimum absolute atomic E-state index is 0.213. The van der Waals surface area contributed by atoms with Crippen LogP contribution in [0, 0.1) is 0 Å². The Morgan fingerprint density at radius 2 is 2.22 bits per heavy atom. The molecule has 18 heavy (non-hydrogen) atoms. The van der Waals surface area contributed by atoms with Gasteiger partial charge in [-0.15, -0.1) is 0 Å². The molecule has 0 amide bonds. The molecule has 1 aliphatic heterocycles. The third-order valence-corrected chi connectivity index (χ3v) is 3.44. The van der Waals surface area contributed by atoms with Crippen LogP contribution in [0.15, 0.2) is 42.0 Å². The van der Waals surface area contributed by atoms with Crippen LogP contribution in [0.4, 0.5) is 0 Å². The van der Waals surface area contributed by atoms with Gasteiger partial charge in [0.1, 0.15) is 5.75 Å². The summed E-state index contributed by atoms with van der Waals surface area (Å²) < 4.78 is 5.47. The van der Waals surface area contributed by atoms with Crippen molar-refractivity contribution >= 4 is 5.78 Å². The van der Waals surface area contributed by atoms with E-state index in [-0.39, 0.29) is 5.78 Å². The Labute approximate surface area is 107 Å². The third kappa shape index (κ3) is 2.23. The van der Waals surface area contributed by atoms with Gasteiger partial charge in [0.05, 0.1) is 6.61 Å². The highest BCUT2D eigenvalue weighted by atomic mass is 16.5. The highest BCUT2D eigenvalue weighted by Crippen LogP contribution is 2.26. The molecule has 0 aromatic heterocycles. The van der Waals surface area contributed by atoms with E-state index in [1.54, 1.807) is 0 Å². The minimum Gasteiger partial charge on any atom is -0.493 e. The van der Waals surface area contributed by atoms with Crippen LogP contribution in [0.3, 0.4) is 0 Å². The van der Waals surface area contributed by atoms with Crippen molar-refractivity contribution < 1.29 is 9.53 Å². The highest BCUT2D eigenvalue weighted by molar-refractivity contribution is 5.99. The summed E-state index contributed by atoms with van der Waals surface area (Å²) in [6.07, 6.45) is 9.54. The summed E-state index contributed by atoms with van der Waals surface area (Å²) in [5.41, 5.74) is 3.18. The number of fused-ring (bicyclic) bond motifs is 1. The van der Waals surface area contributed by atoms with E-state index in [9.17, 15) is 4.79 Å². The molecule has 2 heteroatoms. The summed E-state index contributed by atoms with van der Waals surface area (Å²) in [5, 5.41) is 0. The van der Waals surface area contributed by atoms with E-state index in [2.05, 4.69) is 12.1 Å². The Balaban J connectivity index is 1.74. The maximum atomic E-state index is 12.1. The zero-order valence-electron chi connectivity index (χ0n) is 10.3. The first-order chi connectivity index (χ1) is 8.83. The molecular formula is C16H16O2. The fourth-order valence-electron chi connectivity index (χ4n) is 2.46. The van der Waals surface area contributed by atoms with Crippen molar-refractivity contribution in [3.05, 3.63) is 53.1 Å². The molecule has 0 N–H and O–H groups in total. The molecule has 0 radical (unpaired) electrons. The van der Waals surface area contributed by atoms with Gasteiger partial charge in [0.25, 0.3) is 0 Å². The molecule has 3 rings (SSSR count). The number of benzene rings is 1. The molecule has 0 unspecified atom stereocenters. The van der Waals surface area contributed by atoms with E-state index in [1.807, 2.05) is 24.3 Å². The zero-order valence-corrected chi connectivity index (χ0v) is 10.3. The van der Waals surface area contributed by atoms with Crippen molar-refractivity contribution in [2.75, 3.05) is 6.61 Å². The summed E-state index contributed by atoms with van der Waals surface area (Å²) in [7, 11) is 0. The van der Waals surface area contributed by atoms with Crippen LogP contribution in [0.1, 0.15) is 24.0 Å². The first-order valence-corrected chi connectivity index (χ1v) is 6.47. The van der Waals surface area contributed by atoms with Gasteiger partial charge in [-0.2, -0.15) is 0 Å². The van der Waals surface area contributed by atoms with Crippen LogP contribution in [0.2, 0.25) is 0 Å². The highest BCUT2D eigenvalue weighted by Gasteiger charge is 2.14. The number of hydrogen-bond acceptors (Lipinski definition) is 2. The second-order valence-electron chi connectivity index (χ2n) is 4.78. The number of rotatable bonds is 3. The van der Waals surface area contributed by atoms with Gasteiger partial charge >= 0.3 is 0 Å². The van der Waals surface area contributed by atoms with E-state index in [0.29, 0.717) is 6.42 Å². The Bertz CT molecular complexity index is 538. The molecule has 0 spiro atoms. The van der Waals surface area contributed by atoms with Crippen LogP contribution in [0.25, 0.3) is 0 Å². The number of carbonyl (C=O) groups is 1. The van der Waals surface area contributed by atoms with Crippen molar-refractivity contribution in [3.8, 4) is 5.75 Å². The molecule has 0 saturated carbocycles. The Kier molecular flexibility index (Phi) is 3.01. The summed E-state index contributed by atoms with van der Waals surface area (Å²) in [5.74, 6) is 1.19. The van der Waals surface area contributed by atoms with E-state index >= 15 is 0 Å². The van der Waals surface area contributed by atoms with Gasteiger partial charge in [-0.25, -0.2) is 0 Å². The molecule has 0 saturated heterocycles. The van der Waals surface area contributed by atoms with Crippen molar-refractivity contribution in [2.45, 2.75) is 25.7 Å². The molecular weight excluding hydrogens is 224 g/mol. The monoisotopic (exact) mass is 240 g/mol. The number of ether oxygens (including phenoxy) is 1. The quantitative estimate of drug-likeness (QED) is 0.811. The zero-order chi connectivity index (χ0) is 12.4. The van der Waals surface area contributed by atoms with E-state index in [1.165, 1.54) is 5.56 Å². The smallest absolute Gasteiger partial charge is 0.166 e. The number of allylic oxidation sites excluding steroid dienone is 4. The molecule has 0 atom stereocenters. The molecule has 2 nitrogen and oxygen atoms in total. The van der Waals surface area contributed by atoms with Gasteiger partial charge in [-0.1, -0.05) is 30.4 Å².